The van der Waals surface area contributed by atoms with Gasteiger partial charge in [-0.25, -0.2) is 0 Å². The number of hydrogen-bond acceptors (Lipinski definition) is 4. The molecule has 2 aliphatic heterocycles. The second kappa shape index (κ2) is 6.44. The van der Waals surface area contributed by atoms with E-state index in [9.17, 15) is 9.90 Å². The van der Waals surface area contributed by atoms with Crippen LogP contribution in [0, 0.1) is 0 Å². The first kappa shape index (κ1) is 16.9. The lowest BCUT2D eigenvalue weighted by Crippen LogP contribution is -2.56. The Hall–Kier alpha value is -2.21. The van der Waals surface area contributed by atoms with E-state index in [1.54, 1.807) is 4.90 Å². The van der Waals surface area contributed by atoms with Gasteiger partial charge in [0.2, 0.25) is 0 Å². The third-order valence-corrected chi connectivity index (χ3v) is 6.17. The van der Waals surface area contributed by atoms with E-state index < -0.39 is 5.60 Å². The molecule has 2 aromatic rings. The third-order valence-electron chi connectivity index (χ3n) is 6.17. The van der Waals surface area contributed by atoms with E-state index >= 15 is 0 Å². The van der Waals surface area contributed by atoms with Crippen LogP contribution in [0.3, 0.4) is 0 Å². The van der Waals surface area contributed by atoms with Crippen molar-refractivity contribution in [3.8, 4) is 11.1 Å². The molecule has 1 N–H and O–H groups in total. The van der Waals surface area contributed by atoms with Gasteiger partial charge in [0, 0.05) is 32.6 Å². The molecule has 0 saturated carbocycles. The van der Waals surface area contributed by atoms with Crippen LogP contribution in [0.25, 0.3) is 11.1 Å². The first-order valence-corrected chi connectivity index (χ1v) is 9.69. The number of nitrogens with zero attached hydrogens (tertiary/aromatic N) is 2. The Labute approximate surface area is 159 Å². The summed E-state index contributed by atoms with van der Waals surface area (Å²) in [6.45, 7) is 3.46. The minimum Gasteiger partial charge on any atom is -0.378 e. The lowest BCUT2D eigenvalue weighted by molar-refractivity contribution is -0.153. The Morgan fingerprint density at radius 1 is 0.963 bits per heavy atom. The number of carbonyl (C=O) groups excluding carboxylic acids is 1. The fourth-order valence-electron chi connectivity index (χ4n) is 4.72. The molecule has 140 valence electrons. The average molecular weight is 364 g/mol. The molecule has 2 aromatic carbocycles. The van der Waals surface area contributed by atoms with Gasteiger partial charge in [-0.1, -0.05) is 48.5 Å². The van der Waals surface area contributed by atoms with Crippen LogP contribution >= 0.6 is 0 Å². The molecule has 1 amide bonds. The monoisotopic (exact) mass is 364 g/mol. The van der Waals surface area contributed by atoms with Crippen molar-refractivity contribution in [1.29, 1.82) is 0 Å². The summed E-state index contributed by atoms with van der Waals surface area (Å²) < 4.78 is 5.24. The fourth-order valence-corrected chi connectivity index (χ4v) is 4.72. The molecule has 5 nitrogen and oxygen atoms in total. The molecule has 2 saturated heterocycles. The van der Waals surface area contributed by atoms with Gasteiger partial charge in [0.15, 0.2) is 5.60 Å². The maximum atomic E-state index is 12.7. The zero-order chi connectivity index (χ0) is 18.4. The van der Waals surface area contributed by atoms with Crippen molar-refractivity contribution in [3.63, 3.8) is 0 Å². The molecular weight excluding hydrogens is 340 g/mol. The molecule has 1 aliphatic carbocycles. The Kier molecular flexibility index (Phi) is 4.04. The molecule has 1 atom stereocenters. The van der Waals surface area contributed by atoms with Gasteiger partial charge in [-0.05, 0) is 22.3 Å². The summed E-state index contributed by atoms with van der Waals surface area (Å²) in [4.78, 5) is 17.0. The number of aliphatic hydroxyl groups is 1. The van der Waals surface area contributed by atoms with Crippen molar-refractivity contribution in [2.75, 3.05) is 39.4 Å². The maximum absolute atomic E-state index is 12.7. The molecule has 2 fully saturated rings. The molecule has 27 heavy (non-hydrogen) atoms. The summed E-state index contributed by atoms with van der Waals surface area (Å²) >= 11 is 0. The second-order valence-corrected chi connectivity index (χ2v) is 7.74. The molecule has 0 spiro atoms. The lowest BCUT2D eigenvalue weighted by atomic mass is 10.00. The van der Waals surface area contributed by atoms with Gasteiger partial charge in [-0.15, -0.1) is 0 Å². The van der Waals surface area contributed by atoms with Crippen LogP contribution in [0.4, 0.5) is 0 Å². The summed E-state index contributed by atoms with van der Waals surface area (Å²) in [7, 11) is 0. The first-order valence-electron chi connectivity index (χ1n) is 9.69. The molecular formula is C22H24N2O3. The number of hydrogen-bond donors (Lipinski definition) is 1. The van der Waals surface area contributed by atoms with E-state index in [0.29, 0.717) is 26.1 Å². The standard InChI is InChI=1S/C22H24N2O3/c25-21(22(26)9-14-27-15-22)24-12-10-23(11-13-24)20-18-7-3-1-5-16(18)17-6-2-4-8-19(17)20/h1-8,20,26H,9-15H2. The van der Waals surface area contributed by atoms with Crippen molar-refractivity contribution < 1.29 is 14.6 Å². The zero-order valence-corrected chi connectivity index (χ0v) is 15.3. The van der Waals surface area contributed by atoms with Gasteiger partial charge < -0.3 is 14.7 Å². The Balaban J connectivity index is 1.36. The summed E-state index contributed by atoms with van der Waals surface area (Å²) in [5.74, 6) is -0.174. The highest BCUT2D eigenvalue weighted by Gasteiger charge is 2.44. The average Bonchev–Trinajstić information content (AvgIpc) is 3.30. The van der Waals surface area contributed by atoms with E-state index in [-0.39, 0.29) is 18.6 Å². The van der Waals surface area contributed by atoms with Gasteiger partial charge in [-0.3, -0.25) is 9.69 Å². The quantitative estimate of drug-likeness (QED) is 0.886. The number of piperazine rings is 1. The van der Waals surface area contributed by atoms with Gasteiger partial charge in [-0.2, -0.15) is 0 Å². The molecule has 0 aromatic heterocycles. The second-order valence-electron chi connectivity index (χ2n) is 7.74. The molecule has 1 unspecified atom stereocenters. The van der Waals surface area contributed by atoms with Crippen LogP contribution in [0.2, 0.25) is 0 Å². The highest BCUT2D eigenvalue weighted by molar-refractivity contribution is 5.85. The van der Waals surface area contributed by atoms with Crippen LogP contribution in [-0.2, 0) is 9.53 Å². The predicted molar refractivity (Wildman–Crippen MR) is 102 cm³/mol. The molecule has 3 aliphatic rings. The molecule has 2 heterocycles. The van der Waals surface area contributed by atoms with Gasteiger partial charge >= 0.3 is 0 Å². The zero-order valence-electron chi connectivity index (χ0n) is 15.3. The number of fused-ring (bicyclic) bond motifs is 3. The van der Waals surface area contributed by atoms with E-state index in [0.717, 1.165) is 13.1 Å². The summed E-state index contributed by atoms with van der Waals surface area (Å²) in [6.07, 6.45) is 0.398. The van der Waals surface area contributed by atoms with Crippen molar-refractivity contribution >= 4 is 5.91 Å². The van der Waals surface area contributed by atoms with E-state index in [2.05, 4.69) is 53.4 Å². The molecule has 0 radical (unpaired) electrons. The van der Waals surface area contributed by atoms with E-state index in [4.69, 9.17) is 4.74 Å². The largest absolute Gasteiger partial charge is 0.378 e. The van der Waals surface area contributed by atoms with Crippen molar-refractivity contribution in [3.05, 3.63) is 59.7 Å². The normalized spacial score (nSPS) is 25.4. The lowest BCUT2D eigenvalue weighted by Gasteiger charge is -2.40. The number of rotatable bonds is 2. The maximum Gasteiger partial charge on any atom is 0.257 e. The topological polar surface area (TPSA) is 53.0 Å². The summed E-state index contributed by atoms with van der Waals surface area (Å²) in [5.41, 5.74) is 4.00. The highest BCUT2D eigenvalue weighted by atomic mass is 16.5. The van der Waals surface area contributed by atoms with Gasteiger partial charge in [0.05, 0.1) is 19.3 Å². The molecule has 0 bridgehead atoms. The number of benzene rings is 2. The van der Waals surface area contributed by atoms with E-state index in [1.807, 2.05) is 0 Å². The summed E-state index contributed by atoms with van der Waals surface area (Å²) in [5, 5.41) is 10.5. The Morgan fingerprint density at radius 2 is 1.56 bits per heavy atom. The predicted octanol–water partition coefficient (Wildman–Crippen LogP) is 2.05. The SMILES string of the molecule is O=C(N1CCN(C2c3ccccc3-c3ccccc32)CC1)C1(O)CCOC1. The Morgan fingerprint density at radius 3 is 2.11 bits per heavy atom. The first-order chi connectivity index (χ1) is 13.2. The van der Waals surface area contributed by atoms with Crippen molar-refractivity contribution in [2.45, 2.75) is 18.1 Å². The van der Waals surface area contributed by atoms with Crippen LogP contribution < -0.4 is 0 Å². The molecule has 5 heteroatoms. The fraction of sp³-hybridized carbons (Fsp3) is 0.409. The van der Waals surface area contributed by atoms with E-state index in [1.165, 1.54) is 22.3 Å². The number of ether oxygens (including phenoxy) is 1. The van der Waals surface area contributed by atoms with Gasteiger partial charge in [0.1, 0.15) is 0 Å². The molecule has 5 rings (SSSR count). The minimum atomic E-state index is -1.32. The van der Waals surface area contributed by atoms with Crippen LogP contribution in [0.15, 0.2) is 48.5 Å². The van der Waals surface area contributed by atoms with Crippen molar-refractivity contribution in [2.24, 2.45) is 0 Å². The Bertz CT molecular complexity index is 822. The third kappa shape index (κ3) is 2.69. The smallest absolute Gasteiger partial charge is 0.257 e. The highest BCUT2D eigenvalue weighted by Crippen LogP contribution is 2.46. The number of amides is 1. The minimum absolute atomic E-state index is 0.120. The van der Waals surface area contributed by atoms with Crippen LogP contribution in [-0.4, -0.2) is 65.8 Å². The van der Waals surface area contributed by atoms with Crippen molar-refractivity contribution in [1.82, 2.24) is 9.80 Å². The summed E-state index contributed by atoms with van der Waals surface area (Å²) in [6, 6.07) is 17.5. The van der Waals surface area contributed by atoms with Gasteiger partial charge in [0.25, 0.3) is 5.91 Å². The number of carbonyl (C=O) groups is 1. The van der Waals surface area contributed by atoms with Crippen LogP contribution in [0.5, 0.6) is 0 Å². The van der Waals surface area contributed by atoms with Crippen LogP contribution in [0.1, 0.15) is 23.6 Å².